The van der Waals surface area contributed by atoms with E-state index < -0.39 is 0 Å². The molecule has 2 heterocycles. The van der Waals surface area contributed by atoms with Crippen molar-refractivity contribution in [2.45, 2.75) is 0 Å². The summed E-state index contributed by atoms with van der Waals surface area (Å²) in [7, 11) is 1.90. The first-order chi connectivity index (χ1) is 12.3. The maximum absolute atomic E-state index is 5.44. The van der Waals surface area contributed by atoms with E-state index in [-0.39, 0.29) is 0 Å². The molecule has 5 heteroatoms. The highest BCUT2D eigenvalue weighted by Gasteiger charge is 2.13. The van der Waals surface area contributed by atoms with Crippen LogP contribution in [0.2, 0.25) is 0 Å². The number of hydrogen-bond donors (Lipinski definition) is 1. The van der Waals surface area contributed by atoms with Crippen molar-refractivity contribution in [2.24, 2.45) is 0 Å². The monoisotopic (exact) mass is 351 g/mol. The number of rotatable bonds is 4. The quantitative estimate of drug-likeness (QED) is 0.758. The van der Waals surface area contributed by atoms with Gasteiger partial charge >= 0.3 is 0 Å². The fourth-order valence-corrected chi connectivity index (χ4v) is 3.82. The molecule has 1 saturated heterocycles. The zero-order valence-corrected chi connectivity index (χ0v) is 15.1. The molecule has 0 atom stereocenters. The van der Waals surface area contributed by atoms with Crippen LogP contribution in [0.25, 0.3) is 22.4 Å². The van der Waals surface area contributed by atoms with Crippen molar-refractivity contribution in [3.8, 4) is 22.4 Å². The molecular formula is C20H21N3OS. The zero-order chi connectivity index (χ0) is 17.1. The van der Waals surface area contributed by atoms with Gasteiger partial charge in [0.25, 0.3) is 0 Å². The van der Waals surface area contributed by atoms with Gasteiger partial charge in [0.15, 0.2) is 5.13 Å². The Hall–Kier alpha value is -2.37. The third-order valence-electron chi connectivity index (χ3n) is 4.48. The average Bonchev–Trinajstić information content (AvgIpc) is 3.18. The third kappa shape index (κ3) is 3.38. The van der Waals surface area contributed by atoms with Gasteiger partial charge in [0, 0.05) is 36.8 Å². The van der Waals surface area contributed by atoms with Crippen LogP contribution in [0.1, 0.15) is 0 Å². The van der Waals surface area contributed by atoms with Crippen LogP contribution in [0.15, 0.2) is 53.9 Å². The molecule has 1 fully saturated rings. The molecule has 3 aromatic rings. The van der Waals surface area contributed by atoms with Crippen molar-refractivity contribution in [3.05, 3.63) is 53.9 Å². The maximum atomic E-state index is 5.44. The van der Waals surface area contributed by atoms with Crippen LogP contribution < -0.4 is 10.2 Å². The number of nitrogens with zero attached hydrogens (tertiary/aromatic N) is 2. The molecule has 128 valence electrons. The predicted molar refractivity (Wildman–Crippen MR) is 106 cm³/mol. The summed E-state index contributed by atoms with van der Waals surface area (Å²) in [5.74, 6) is 0. The number of aromatic nitrogens is 1. The Labute approximate surface area is 152 Å². The second-order valence-corrected chi connectivity index (χ2v) is 6.84. The molecule has 0 bridgehead atoms. The Balaban J connectivity index is 1.65. The highest BCUT2D eigenvalue weighted by molar-refractivity contribution is 7.14. The third-order valence-corrected chi connectivity index (χ3v) is 5.34. The van der Waals surface area contributed by atoms with E-state index in [1.807, 2.05) is 7.05 Å². The van der Waals surface area contributed by atoms with Crippen molar-refractivity contribution in [1.29, 1.82) is 0 Å². The summed E-state index contributed by atoms with van der Waals surface area (Å²) in [6.45, 7) is 3.54. The van der Waals surface area contributed by atoms with E-state index in [9.17, 15) is 0 Å². The Morgan fingerprint density at radius 3 is 2.40 bits per heavy atom. The molecule has 2 aromatic carbocycles. The Kier molecular flexibility index (Phi) is 4.68. The molecular weight excluding hydrogens is 330 g/mol. The predicted octanol–water partition coefficient (Wildman–Crippen LogP) is 4.36. The van der Waals surface area contributed by atoms with Crippen molar-refractivity contribution >= 4 is 22.2 Å². The molecule has 4 rings (SSSR count). The van der Waals surface area contributed by atoms with Crippen molar-refractivity contribution in [1.82, 2.24) is 4.98 Å². The Morgan fingerprint density at radius 2 is 1.72 bits per heavy atom. The van der Waals surface area contributed by atoms with E-state index >= 15 is 0 Å². The van der Waals surface area contributed by atoms with Crippen molar-refractivity contribution < 1.29 is 4.74 Å². The first kappa shape index (κ1) is 16.1. The lowest BCUT2D eigenvalue weighted by Gasteiger charge is -2.29. The zero-order valence-electron chi connectivity index (χ0n) is 14.2. The minimum absolute atomic E-state index is 0.808. The van der Waals surface area contributed by atoms with Gasteiger partial charge in [0.05, 0.1) is 18.9 Å². The molecule has 0 amide bonds. The smallest absolute Gasteiger partial charge is 0.182 e. The molecule has 0 saturated carbocycles. The number of thiazole rings is 1. The minimum Gasteiger partial charge on any atom is -0.378 e. The molecule has 0 aliphatic carbocycles. The largest absolute Gasteiger partial charge is 0.378 e. The van der Waals surface area contributed by atoms with Gasteiger partial charge < -0.3 is 15.0 Å². The van der Waals surface area contributed by atoms with Gasteiger partial charge in [-0.3, -0.25) is 0 Å². The van der Waals surface area contributed by atoms with Gasteiger partial charge in [-0.2, -0.15) is 0 Å². The second-order valence-electron chi connectivity index (χ2n) is 5.98. The summed E-state index contributed by atoms with van der Waals surface area (Å²) in [6, 6.07) is 17.3. The molecule has 1 aliphatic heterocycles. The van der Waals surface area contributed by atoms with Crippen LogP contribution in [0.3, 0.4) is 0 Å². The summed E-state index contributed by atoms with van der Waals surface area (Å²) in [6.07, 6.45) is 0. The average molecular weight is 351 g/mol. The number of nitrogens with one attached hydrogen (secondary N) is 1. The SMILES string of the molecule is CNc1nc(-c2ccccc2-c2ccc(N3CCOCC3)cc2)cs1. The number of benzene rings is 2. The second kappa shape index (κ2) is 7.25. The first-order valence-electron chi connectivity index (χ1n) is 8.51. The fourth-order valence-electron chi connectivity index (χ4n) is 3.14. The van der Waals surface area contributed by atoms with E-state index in [4.69, 9.17) is 4.74 Å². The molecule has 1 aliphatic rings. The fraction of sp³-hybridized carbons (Fsp3) is 0.250. The Bertz CT molecular complexity index is 838. The summed E-state index contributed by atoms with van der Waals surface area (Å²) >= 11 is 1.63. The lowest BCUT2D eigenvalue weighted by molar-refractivity contribution is 0.122. The van der Waals surface area contributed by atoms with Crippen LogP contribution in [-0.4, -0.2) is 38.3 Å². The first-order valence-corrected chi connectivity index (χ1v) is 9.39. The highest BCUT2D eigenvalue weighted by atomic mass is 32.1. The standard InChI is InChI=1S/C20H21N3OS/c1-21-20-22-19(14-25-20)18-5-3-2-4-17(18)15-6-8-16(9-7-15)23-10-12-24-13-11-23/h2-9,14H,10-13H2,1H3,(H,21,22). The van der Waals surface area contributed by atoms with Crippen LogP contribution in [0.5, 0.6) is 0 Å². The molecule has 4 nitrogen and oxygen atoms in total. The molecule has 25 heavy (non-hydrogen) atoms. The van der Waals surface area contributed by atoms with Gasteiger partial charge in [0.2, 0.25) is 0 Å². The number of morpholine rings is 1. The van der Waals surface area contributed by atoms with E-state index in [2.05, 4.69) is 69.1 Å². The van der Waals surface area contributed by atoms with Gasteiger partial charge in [-0.25, -0.2) is 4.98 Å². The summed E-state index contributed by atoms with van der Waals surface area (Å²) in [5.41, 5.74) is 5.87. The van der Waals surface area contributed by atoms with Gasteiger partial charge in [0.1, 0.15) is 0 Å². The molecule has 1 aromatic heterocycles. The Morgan fingerprint density at radius 1 is 1.00 bits per heavy atom. The van der Waals surface area contributed by atoms with Crippen LogP contribution in [0, 0.1) is 0 Å². The van der Waals surface area contributed by atoms with Crippen LogP contribution in [0.4, 0.5) is 10.8 Å². The summed E-state index contributed by atoms with van der Waals surface area (Å²) in [5, 5.41) is 6.15. The van der Waals surface area contributed by atoms with Crippen molar-refractivity contribution in [2.75, 3.05) is 43.6 Å². The normalized spacial score (nSPS) is 14.5. The minimum atomic E-state index is 0.808. The van der Waals surface area contributed by atoms with Gasteiger partial charge in [-0.05, 0) is 23.3 Å². The van der Waals surface area contributed by atoms with E-state index in [0.29, 0.717) is 0 Å². The maximum Gasteiger partial charge on any atom is 0.182 e. The lowest BCUT2D eigenvalue weighted by atomic mass is 9.98. The molecule has 0 spiro atoms. The van der Waals surface area contributed by atoms with Gasteiger partial charge in [-0.15, -0.1) is 11.3 Å². The number of hydrogen-bond acceptors (Lipinski definition) is 5. The molecule has 1 N–H and O–H groups in total. The van der Waals surface area contributed by atoms with E-state index in [0.717, 1.165) is 37.1 Å². The lowest BCUT2D eigenvalue weighted by Crippen LogP contribution is -2.36. The van der Waals surface area contributed by atoms with Gasteiger partial charge in [-0.1, -0.05) is 36.4 Å². The van der Waals surface area contributed by atoms with Crippen molar-refractivity contribution in [3.63, 3.8) is 0 Å². The number of ether oxygens (including phenoxy) is 1. The highest BCUT2D eigenvalue weighted by Crippen LogP contribution is 2.34. The van der Waals surface area contributed by atoms with E-state index in [1.165, 1.54) is 22.4 Å². The molecule has 0 unspecified atom stereocenters. The summed E-state index contributed by atoms with van der Waals surface area (Å²) < 4.78 is 5.44. The summed E-state index contributed by atoms with van der Waals surface area (Å²) in [4.78, 5) is 7.04. The van der Waals surface area contributed by atoms with Crippen LogP contribution in [-0.2, 0) is 4.74 Å². The van der Waals surface area contributed by atoms with Crippen LogP contribution >= 0.6 is 11.3 Å². The van der Waals surface area contributed by atoms with E-state index in [1.54, 1.807) is 11.3 Å². The number of anilines is 2. The molecule has 0 radical (unpaired) electrons. The topological polar surface area (TPSA) is 37.4 Å².